The largest absolute Gasteiger partial charge is 0.302 e. The van der Waals surface area contributed by atoms with Crippen molar-refractivity contribution in [1.82, 2.24) is 4.98 Å². The van der Waals surface area contributed by atoms with Crippen molar-refractivity contribution in [3.8, 4) is 0 Å². The summed E-state index contributed by atoms with van der Waals surface area (Å²) in [6.07, 6.45) is 3.49. The number of fused-ring (bicyclic) bond motifs is 1. The summed E-state index contributed by atoms with van der Waals surface area (Å²) in [7, 11) is 0. The highest BCUT2D eigenvalue weighted by molar-refractivity contribution is 7.15. The first-order chi connectivity index (χ1) is 9.61. The Labute approximate surface area is 130 Å². The summed E-state index contributed by atoms with van der Waals surface area (Å²) >= 11 is 13.5. The summed E-state index contributed by atoms with van der Waals surface area (Å²) < 4.78 is 0. The average Bonchev–Trinajstić information content (AvgIpc) is 2.93. The van der Waals surface area contributed by atoms with Gasteiger partial charge in [-0.05, 0) is 37.0 Å². The molecule has 0 radical (unpaired) electrons. The molecule has 1 aliphatic carbocycles. The van der Waals surface area contributed by atoms with Crippen molar-refractivity contribution in [2.45, 2.75) is 25.7 Å². The molecule has 0 saturated carbocycles. The number of amides is 1. The molecule has 0 atom stereocenters. The Morgan fingerprint density at radius 2 is 2.20 bits per heavy atom. The van der Waals surface area contributed by atoms with Crippen molar-refractivity contribution in [2.24, 2.45) is 0 Å². The number of thiazole rings is 1. The van der Waals surface area contributed by atoms with Gasteiger partial charge in [0, 0.05) is 14.9 Å². The topological polar surface area (TPSA) is 42.0 Å². The Morgan fingerprint density at radius 3 is 2.95 bits per heavy atom. The summed E-state index contributed by atoms with van der Waals surface area (Å²) in [5.41, 5.74) is 1.90. The van der Waals surface area contributed by atoms with Gasteiger partial charge in [0.1, 0.15) is 0 Å². The van der Waals surface area contributed by atoms with Gasteiger partial charge >= 0.3 is 0 Å². The van der Waals surface area contributed by atoms with Crippen LogP contribution in [-0.4, -0.2) is 10.9 Å². The van der Waals surface area contributed by atoms with Crippen molar-refractivity contribution in [1.29, 1.82) is 0 Å². The second-order valence-electron chi connectivity index (χ2n) is 4.70. The average molecular weight is 327 g/mol. The third-order valence-electron chi connectivity index (χ3n) is 3.21. The monoisotopic (exact) mass is 326 g/mol. The predicted octanol–water partition coefficient (Wildman–Crippen LogP) is 4.12. The number of nitrogens with zero attached hydrogens (tertiary/aromatic N) is 1. The molecule has 6 heteroatoms. The van der Waals surface area contributed by atoms with Gasteiger partial charge in [-0.1, -0.05) is 29.3 Å². The van der Waals surface area contributed by atoms with Gasteiger partial charge in [0.2, 0.25) is 5.91 Å². The number of anilines is 1. The van der Waals surface area contributed by atoms with E-state index < -0.39 is 0 Å². The van der Waals surface area contributed by atoms with Crippen LogP contribution < -0.4 is 5.32 Å². The SMILES string of the molecule is O=C(Cc1ccc(Cl)cc1Cl)Nc1nc2c(s1)CCC2. The standard InChI is InChI=1S/C14H12Cl2N2OS/c15-9-5-4-8(10(16)7-9)6-13(19)18-14-17-11-2-1-3-12(11)20-14/h4-5,7H,1-3,6H2,(H,17,18,19). The third-order valence-corrected chi connectivity index (χ3v) is 4.87. The second-order valence-corrected chi connectivity index (χ2v) is 6.63. The highest BCUT2D eigenvalue weighted by Gasteiger charge is 2.18. The van der Waals surface area contributed by atoms with Gasteiger partial charge in [0.15, 0.2) is 5.13 Å². The molecular weight excluding hydrogens is 315 g/mol. The van der Waals surface area contributed by atoms with E-state index in [2.05, 4.69) is 10.3 Å². The van der Waals surface area contributed by atoms with Crippen LogP contribution in [0.15, 0.2) is 18.2 Å². The Balaban J connectivity index is 1.67. The number of nitrogens with one attached hydrogen (secondary N) is 1. The summed E-state index contributed by atoms with van der Waals surface area (Å²) in [6.45, 7) is 0. The maximum absolute atomic E-state index is 12.0. The second kappa shape index (κ2) is 5.72. The zero-order chi connectivity index (χ0) is 14.1. The Hall–Kier alpha value is -1.10. The summed E-state index contributed by atoms with van der Waals surface area (Å²) in [6, 6.07) is 5.14. The molecule has 1 heterocycles. The molecule has 1 aliphatic rings. The van der Waals surface area contributed by atoms with E-state index in [9.17, 15) is 4.79 Å². The molecule has 2 aromatic rings. The van der Waals surface area contributed by atoms with Crippen molar-refractivity contribution in [3.05, 3.63) is 44.4 Å². The van der Waals surface area contributed by atoms with Crippen molar-refractivity contribution < 1.29 is 4.79 Å². The number of hydrogen-bond donors (Lipinski definition) is 1. The van der Waals surface area contributed by atoms with Gasteiger partial charge < -0.3 is 5.32 Å². The fourth-order valence-electron chi connectivity index (χ4n) is 2.25. The molecule has 1 aromatic carbocycles. The van der Waals surface area contributed by atoms with E-state index in [0.29, 0.717) is 15.2 Å². The quantitative estimate of drug-likeness (QED) is 0.921. The number of aryl methyl sites for hydroxylation is 2. The number of rotatable bonds is 3. The van der Waals surface area contributed by atoms with E-state index in [1.165, 1.54) is 11.3 Å². The fraction of sp³-hybridized carbons (Fsp3) is 0.286. The molecule has 1 N–H and O–H groups in total. The first-order valence-corrected chi connectivity index (χ1v) is 7.91. The molecule has 3 nitrogen and oxygen atoms in total. The number of carbonyl (C=O) groups excluding carboxylic acids is 1. The molecule has 0 bridgehead atoms. The molecule has 0 spiro atoms. The van der Waals surface area contributed by atoms with Crippen molar-refractivity contribution in [3.63, 3.8) is 0 Å². The summed E-state index contributed by atoms with van der Waals surface area (Å²) in [5, 5.41) is 4.60. The maximum atomic E-state index is 12.0. The van der Waals surface area contributed by atoms with Crippen LogP contribution in [0.2, 0.25) is 10.0 Å². The highest BCUT2D eigenvalue weighted by atomic mass is 35.5. The lowest BCUT2D eigenvalue weighted by molar-refractivity contribution is -0.115. The zero-order valence-corrected chi connectivity index (χ0v) is 12.9. The Kier molecular flexibility index (Phi) is 3.96. The molecule has 3 rings (SSSR count). The minimum Gasteiger partial charge on any atom is -0.302 e. The van der Waals surface area contributed by atoms with E-state index in [1.807, 2.05) is 0 Å². The number of carbonyl (C=O) groups is 1. The molecule has 0 saturated heterocycles. The minimum atomic E-state index is -0.110. The molecule has 0 fully saturated rings. The van der Waals surface area contributed by atoms with Crippen molar-refractivity contribution in [2.75, 3.05) is 5.32 Å². The molecule has 104 valence electrons. The first kappa shape index (κ1) is 13.9. The normalized spacial score (nSPS) is 13.3. The Morgan fingerprint density at radius 1 is 1.35 bits per heavy atom. The van der Waals surface area contributed by atoms with E-state index in [-0.39, 0.29) is 12.3 Å². The van der Waals surface area contributed by atoms with Crippen LogP contribution in [0.3, 0.4) is 0 Å². The maximum Gasteiger partial charge on any atom is 0.230 e. The lowest BCUT2D eigenvalue weighted by Crippen LogP contribution is -2.14. The number of aromatic nitrogens is 1. The van der Waals surface area contributed by atoms with Crippen LogP contribution in [0, 0.1) is 0 Å². The number of halogens is 2. The molecule has 1 aromatic heterocycles. The van der Waals surface area contributed by atoms with Gasteiger partial charge in [0.25, 0.3) is 0 Å². The van der Waals surface area contributed by atoms with Crippen LogP contribution >= 0.6 is 34.5 Å². The van der Waals surface area contributed by atoms with Gasteiger partial charge in [-0.2, -0.15) is 0 Å². The predicted molar refractivity (Wildman–Crippen MR) is 82.9 cm³/mol. The zero-order valence-electron chi connectivity index (χ0n) is 10.6. The molecule has 0 unspecified atom stereocenters. The lowest BCUT2D eigenvalue weighted by Gasteiger charge is -2.04. The van der Waals surface area contributed by atoms with Crippen LogP contribution in [0.1, 0.15) is 22.6 Å². The van der Waals surface area contributed by atoms with Gasteiger partial charge in [-0.25, -0.2) is 4.98 Å². The summed E-state index contributed by atoms with van der Waals surface area (Å²) in [5.74, 6) is -0.110. The van der Waals surface area contributed by atoms with Gasteiger partial charge in [-0.3, -0.25) is 4.79 Å². The van der Waals surface area contributed by atoms with Crippen LogP contribution in [-0.2, 0) is 24.1 Å². The smallest absolute Gasteiger partial charge is 0.230 e. The van der Waals surface area contributed by atoms with E-state index in [4.69, 9.17) is 23.2 Å². The lowest BCUT2D eigenvalue weighted by atomic mass is 10.1. The van der Waals surface area contributed by atoms with Gasteiger partial charge in [0.05, 0.1) is 12.1 Å². The third kappa shape index (κ3) is 2.97. The molecular formula is C14H12Cl2N2OS. The van der Waals surface area contributed by atoms with Crippen molar-refractivity contribution >= 4 is 45.6 Å². The molecule has 1 amide bonds. The van der Waals surface area contributed by atoms with E-state index >= 15 is 0 Å². The minimum absolute atomic E-state index is 0.110. The van der Waals surface area contributed by atoms with Crippen LogP contribution in [0.25, 0.3) is 0 Å². The van der Waals surface area contributed by atoms with E-state index in [0.717, 1.165) is 24.1 Å². The van der Waals surface area contributed by atoms with Crippen LogP contribution in [0.4, 0.5) is 5.13 Å². The number of benzene rings is 1. The first-order valence-electron chi connectivity index (χ1n) is 6.34. The summed E-state index contributed by atoms with van der Waals surface area (Å²) in [4.78, 5) is 17.7. The number of hydrogen-bond acceptors (Lipinski definition) is 3. The van der Waals surface area contributed by atoms with Gasteiger partial charge in [-0.15, -0.1) is 11.3 Å². The Bertz CT molecular complexity index is 648. The highest BCUT2D eigenvalue weighted by Crippen LogP contribution is 2.30. The van der Waals surface area contributed by atoms with E-state index in [1.54, 1.807) is 29.5 Å². The van der Waals surface area contributed by atoms with Crippen LogP contribution in [0.5, 0.6) is 0 Å². The molecule has 0 aliphatic heterocycles. The fourth-order valence-corrected chi connectivity index (χ4v) is 3.79. The molecule has 20 heavy (non-hydrogen) atoms.